The molecular weight excluding hydrogens is 290 g/mol. The largest absolute Gasteiger partial charge is 0.341 e. The van der Waals surface area contributed by atoms with E-state index in [4.69, 9.17) is 0 Å². The molecule has 1 aliphatic rings. The molecule has 3 unspecified atom stereocenters. The molecule has 0 heterocycles. The summed E-state index contributed by atoms with van der Waals surface area (Å²) in [5.74, 6) is 0.596. The zero-order valence-corrected chi connectivity index (χ0v) is 13.7. The number of hydrogen-bond acceptors (Lipinski definition) is 1. The Kier molecular flexibility index (Phi) is 7.28. The van der Waals surface area contributed by atoms with Crippen molar-refractivity contribution in [2.24, 2.45) is 5.92 Å². The van der Waals surface area contributed by atoms with Gasteiger partial charge in [-0.3, -0.25) is 4.79 Å². The highest BCUT2D eigenvalue weighted by atomic mass is 79.9. The van der Waals surface area contributed by atoms with Gasteiger partial charge in [0.1, 0.15) is 0 Å². The van der Waals surface area contributed by atoms with Crippen LogP contribution < -0.4 is 0 Å². The maximum absolute atomic E-state index is 12.5. The number of carbonyl (C=O) groups excluding carboxylic acids is 1. The molecule has 1 rings (SSSR count). The van der Waals surface area contributed by atoms with Crippen LogP contribution >= 0.6 is 15.9 Å². The molecule has 1 aliphatic carbocycles. The fraction of sp³-hybridized carbons (Fsp3) is 0.933. The highest BCUT2D eigenvalue weighted by molar-refractivity contribution is 9.09. The summed E-state index contributed by atoms with van der Waals surface area (Å²) in [5, 5.41) is 0. The second-order valence-corrected chi connectivity index (χ2v) is 6.74. The molecule has 3 atom stereocenters. The Morgan fingerprint density at radius 3 is 2.56 bits per heavy atom. The highest BCUT2D eigenvalue weighted by Crippen LogP contribution is 2.29. The number of halogens is 1. The second-order valence-electron chi connectivity index (χ2n) is 5.56. The minimum Gasteiger partial charge on any atom is -0.341 e. The number of nitrogens with zero attached hydrogens (tertiary/aromatic N) is 1. The van der Waals surface area contributed by atoms with Crippen molar-refractivity contribution in [3.63, 3.8) is 0 Å². The van der Waals surface area contributed by atoms with Crippen molar-refractivity contribution in [2.45, 2.75) is 76.1 Å². The Labute approximate surface area is 121 Å². The van der Waals surface area contributed by atoms with Crippen molar-refractivity contribution < 1.29 is 4.79 Å². The summed E-state index contributed by atoms with van der Waals surface area (Å²) in [6.45, 7) is 4.33. The van der Waals surface area contributed by atoms with E-state index in [9.17, 15) is 4.79 Å². The first-order valence-corrected chi connectivity index (χ1v) is 8.44. The van der Waals surface area contributed by atoms with Gasteiger partial charge in [0, 0.05) is 23.8 Å². The van der Waals surface area contributed by atoms with Crippen LogP contribution in [0.2, 0.25) is 0 Å². The standard InChI is InChI=1S/C15H28BrNO/c1-4-6-9-12(5-2)15(18)17(3)14-11-8-7-10-13(14)16/h12-14H,4-11H2,1-3H3. The zero-order valence-electron chi connectivity index (χ0n) is 12.1. The summed E-state index contributed by atoms with van der Waals surface area (Å²) >= 11 is 3.75. The van der Waals surface area contributed by atoms with Crippen LogP contribution in [0.15, 0.2) is 0 Å². The maximum atomic E-state index is 12.5. The molecule has 0 aromatic heterocycles. The predicted octanol–water partition coefficient (Wildman–Crippen LogP) is 4.37. The molecule has 0 radical (unpaired) electrons. The summed E-state index contributed by atoms with van der Waals surface area (Å²) in [6.07, 6.45) is 9.28. The van der Waals surface area contributed by atoms with E-state index in [0.29, 0.717) is 16.8 Å². The van der Waals surface area contributed by atoms with E-state index in [1.165, 1.54) is 32.1 Å². The molecule has 0 spiro atoms. The van der Waals surface area contributed by atoms with Crippen molar-refractivity contribution in [1.82, 2.24) is 4.90 Å². The first kappa shape index (κ1) is 16.0. The lowest BCUT2D eigenvalue weighted by Gasteiger charge is -2.37. The molecule has 3 heteroatoms. The van der Waals surface area contributed by atoms with Crippen LogP contribution in [0.1, 0.15) is 65.2 Å². The van der Waals surface area contributed by atoms with Gasteiger partial charge in [0.25, 0.3) is 0 Å². The van der Waals surface area contributed by atoms with E-state index in [1.807, 2.05) is 11.9 Å². The summed E-state index contributed by atoms with van der Waals surface area (Å²) in [5.41, 5.74) is 0. The summed E-state index contributed by atoms with van der Waals surface area (Å²) in [4.78, 5) is 15.0. The maximum Gasteiger partial charge on any atom is 0.225 e. The number of carbonyl (C=O) groups is 1. The van der Waals surface area contributed by atoms with Crippen molar-refractivity contribution >= 4 is 21.8 Å². The van der Waals surface area contributed by atoms with Gasteiger partial charge in [-0.25, -0.2) is 0 Å². The lowest BCUT2D eigenvalue weighted by molar-refractivity contribution is -0.137. The Bertz CT molecular complexity index is 257. The minimum atomic E-state index is 0.233. The van der Waals surface area contributed by atoms with Crippen LogP contribution in [-0.2, 0) is 4.79 Å². The normalized spacial score (nSPS) is 25.8. The van der Waals surface area contributed by atoms with Gasteiger partial charge in [-0.2, -0.15) is 0 Å². The lowest BCUT2D eigenvalue weighted by atomic mass is 9.92. The Hall–Kier alpha value is -0.0500. The molecule has 1 saturated carbocycles. The van der Waals surface area contributed by atoms with E-state index < -0.39 is 0 Å². The fourth-order valence-electron chi connectivity index (χ4n) is 2.91. The van der Waals surface area contributed by atoms with Crippen molar-refractivity contribution in [3.05, 3.63) is 0 Å². The van der Waals surface area contributed by atoms with Gasteiger partial charge in [0.05, 0.1) is 0 Å². The number of unbranched alkanes of at least 4 members (excludes halogenated alkanes) is 1. The third kappa shape index (κ3) is 4.25. The molecular formula is C15H28BrNO. The molecule has 0 bridgehead atoms. The molecule has 106 valence electrons. The predicted molar refractivity (Wildman–Crippen MR) is 81.0 cm³/mol. The van der Waals surface area contributed by atoms with E-state index in [-0.39, 0.29) is 5.92 Å². The van der Waals surface area contributed by atoms with E-state index in [1.54, 1.807) is 0 Å². The fourth-order valence-corrected chi connectivity index (χ4v) is 3.85. The molecule has 0 aromatic rings. The number of rotatable bonds is 6. The van der Waals surface area contributed by atoms with E-state index in [2.05, 4.69) is 29.8 Å². The molecule has 2 nitrogen and oxygen atoms in total. The third-order valence-electron chi connectivity index (χ3n) is 4.24. The zero-order chi connectivity index (χ0) is 13.5. The first-order valence-electron chi connectivity index (χ1n) is 7.52. The first-order chi connectivity index (χ1) is 8.61. The number of hydrogen-bond donors (Lipinski definition) is 0. The summed E-state index contributed by atoms with van der Waals surface area (Å²) in [7, 11) is 2.00. The Morgan fingerprint density at radius 1 is 1.33 bits per heavy atom. The topological polar surface area (TPSA) is 20.3 Å². The van der Waals surface area contributed by atoms with Crippen LogP contribution in [0.3, 0.4) is 0 Å². The van der Waals surface area contributed by atoms with Gasteiger partial charge >= 0.3 is 0 Å². The van der Waals surface area contributed by atoms with Gasteiger partial charge < -0.3 is 4.90 Å². The van der Waals surface area contributed by atoms with Gasteiger partial charge in [-0.1, -0.05) is 55.5 Å². The second kappa shape index (κ2) is 8.19. The van der Waals surface area contributed by atoms with Crippen molar-refractivity contribution in [1.29, 1.82) is 0 Å². The molecule has 0 saturated heterocycles. The molecule has 1 fully saturated rings. The SMILES string of the molecule is CCCCC(CC)C(=O)N(C)C1CCCCC1Br. The van der Waals surface area contributed by atoms with Gasteiger partial charge in [-0.05, 0) is 25.7 Å². The Morgan fingerprint density at radius 2 is 2.00 bits per heavy atom. The lowest BCUT2D eigenvalue weighted by Crippen LogP contribution is -2.46. The quantitative estimate of drug-likeness (QED) is 0.666. The average molecular weight is 318 g/mol. The molecule has 0 N–H and O–H groups in total. The summed E-state index contributed by atoms with van der Waals surface area (Å²) in [6, 6.07) is 0.405. The monoisotopic (exact) mass is 317 g/mol. The van der Waals surface area contributed by atoms with Crippen molar-refractivity contribution in [3.8, 4) is 0 Å². The Balaban J connectivity index is 2.57. The van der Waals surface area contributed by atoms with Crippen LogP contribution in [0.25, 0.3) is 0 Å². The van der Waals surface area contributed by atoms with Crippen LogP contribution in [0, 0.1) is 5.92 Å². The van der Waals surface area contributed by atoms with Crippen LogP contribution in [0.5, 0.6) is 0 Å². The number of amides is 1. The van der Waals surface area contributed by atoms with Gasteiger partial charge in [-0.15, -0.1) is 0 Å². The average Bonchev–Trinajstić information content (AvgIpc) is 2.39. The van der Waals surface area contributed by atoms with E-state index >= 15 is 0 Å². The van der Waals surface area contributed by atoms with Crippen LogP contribution in [0.4, 0.5) is 0 Å². The molecule has 0 aromatic carbocycles. The van der Waals surface area contributed by atoms with Gasteiger partial charge in [0.15, 0.2) is 0 Å². The van der Waals surface area contributed by atoms with Crippen LogP contribution in [-0.4, -0.2) is 28.7 Å². The van der Waals surface area contributed by atoms with Crippen molar-refractivity contribution in [2.75, 3.05) is 7.05 Å². The molecule has 0 aliphatic heterocycles. The molecule has 18 heavy (non-hydrogen) atoms. The van der Waals surface area contributed by atoms with Gasteiger partial charge in [0.2, 0.25) is 5.91 Å². The van der Waals surface area contributed by atoms with E-state index in [0.717, 1.165) is 19.3 Å². The number of alkyl halides is 1. The smallest absolute Gasteiger partial charge is 0.225 e. The molecule has 1 amide bonds. The minimum absolute atomic E-state index is 0.233. The highest BCUT2D eigenvalue weighted by Gasteiger charge is 2.31. The summed E-state index contributed by atoms with van der Waals surface area (Å²) < 4.78 is 0. The third-order valence-corrected chi connectivity index (χ3v) is 5.31.